The van der Waals surface area contributed by atoms with Crippen molar-refractivity contribution in [2.24, 2.45) is 0 Å². The maximum Gasteiger partial charge on any atom is 0.338 e. The molecule has 0 saturated carbocycles. The van der Waals surface area contributed by atoms with E-state index in [1.54, 1.807) is 6.92 Å². The van der Waals surface area contributed by atoms with Crippen LogP contribution < -0.4 is 0 Å². The number of aliphatic hydroxyl groups excluding tert-OH is 2. The Morgan fingerprint density at radius 1 is 1.28 bits per heavy atom. The Morgan fingerprint density at radius 2 is 1.78 bits per heavy atom. The number of hydrogen-bond acceptors (Lipinski definition) is 6. The summed E-state index contributed by atoms with van der Waals surface area (Å²) < 4.78 is 4.55. The lowest BCUT2D eigenvalue weighted by Crippen LogP contribution is -2.30. The van der Waals surface area contributed by atoms with E-state index in [1.165, 1.54) is 0 Å². The highest BCUT2D eigenvalue weighted by atomic mass is 35.5. The highest BCUT2D eigenvalue weighted by Crippen LogP contribution is 2.30. The van der Waals surface area contributed by atoms with Gasteiger partial charge < -0.3 is 14.9 Å². The van der Waals surface area contributed by atoms with Gasteiger partial charge in [0.05, 0.1) is 12.2 Å². The molecule has 0 bridgehead atoms. The zero-order chi connectivity index (χ0) is 13.9. The van der Waals surface area contributed by atoms with Gasteiger partial charge in [-0.3, -0.25) is 0 Å². The predicted octanol–water partition coefficient (Wildman–Crippen LogP) is 1.39. The first-order valence-electron chi connectivity index (χ1n) is 4.79. The second kappa shape index (κ2) is 6.49. The van der Waals surface area contributed by atoms with Crippen LogP contribution in [-0.4, -0.2) is 38.9 Å². The standard InChI is InChI=1S/C9H9Cl3N2O4/c1-2-18-8(17)5(16)4(15)3-6(10)13-9(12)14-7(3)11/h4-5,15-16H,2H2,1H3. The summed E-state index contributed by atoms with van der Waals surface area (Å²) in [5.41, 5.74) is -0.191. The third-order valence-electron chi connectivity index (χ3n) is 1.95. The van der Waals surface area contributed by atoms with Gasteiger partial charge in [0.15, 0.2) is 6.10 Å². The van der Waals surface area contributed by atoms with Crippen LogP contribution in [0.2, 0.25) is 15.6 Å². The maximum atomic E-state index is 11.3. The Balaban J connectivity index is 3.03. The molecule has 0 fully saturated rings. The molecule has 0 radical (unpaired) electrons. The van der Waals surface area contributed by atoms with Crippen molar-refractivity contribution in [3.8, 4) is 0 Å². The molecule has 0 aliphatic heterocycles. The van der Waals surface area contributed by atoms with Crippen molar-refractivity contribution in [1.29, 1.82) is 0 Å². The van der Waals surface area contributed by atoms with Crippen molar-refractivity contribution in [2.45, 2.75) is 19.1 Å². The van der Waals surface area contributed by atoms with Gasteiger partial charge in [0.1, 0.15) is 16.4 Å². The molecule has 9 heteroatoms. The van der Waals surface area contributed by atoms with E-state index in [2.05, 4.69) is 14.7 Å². The van der Waals surface area contributed by atoms with Gasteiger partial charge in [-0.1, -0.05) is 23.2 Å². The van der Waals surface area contributed by atoms with Crippen molar-refractivity contribution >= 4 is 40.8 Å². The lowest BCUT2D eigenvalue weighted by molar-refractivity contribution is -0.159. The first kappa shape index (κ1) is 15.4. The Bertz CT molecular complexity index is 434. The van der Waals surface area contributed by atoms with Crippen molar-refractivity contribution < 1.29 is 19.7 Å². The highest BCUT2D eigenvalue weighted by Gasteiger charge is 2.31. The molecular formula is C9H9Cl3N2O4. The number of carbonyl (C=O) groups excluding carboxylic acids is 1. The normalized spacial score (nSPS) is 14.1. The van der Waals surface area contributed by atoms with Gasteiger partial charge >= 0.3 is 5.97 Å². The van der Waals surface area contributed by atoms with Crippen LogP contribution in [0.3, 0.4) is 0 Å². The first-order valence-corrected chi connectivity index (χ1v) is 5.93. The monoisotopic (exact) mass is 314 g/mol. The van der Waals surface area contributed by atoms with E-state index < -0.39 is 18.2 Å². The van der Waals surface area contributed by atoms with E-state index in [9.17, 15) is 15.0 Å². The maximum absolute atomic E-state index is 11.3. The molecule has 0 spiro atoms. The Hall–Kier alpha value is -0.660. The zero-order valence-corrected chi connectivity index (χ0v) is 11.4. The lowest BCUT2D eigenvalue weighted by atomic mass is 10.1. The van der Waals surface area contributed by atoms with E-state index >= 15 is 0 Å². The fourth-order valence-electron chi connectivity index (χ4n) is 1.15. The molecule has 1 aromatic heterocycles. The average Bonchev–Trinajstić information content (AvgIpc) is 2.26. The van der Waals surface area contributed by atoms with Crippen LogP contribution in [0.1, 0.15) is 18.6 Å². The molecule has 2 atom stereocenters. The minimum absolute atomic E-state index is 0.0567. The molecule has 0 aliphatic rings. The minimum Gasteiger partial charge on any atom is -0.464 e. The number of ether oxygens (including phenoxy) is 1. The van der Waals surface area contributed by atoms with Gasteiger partial charge in [-0.25, -0.2) is 14.8 Å². The van der Waals surface area contributed by atoms with Crippen LogP contribution in [0, 0.1) is 0 Å². The van der Waals surface area contributed by atoms with Crippen LogP contribution in [-0.2, 0) is 9.53 Å². The van der Waals surface area contributed by atoms with E-state index in [0.29, 0.717) is 0 Å². The minimum atomic E-state index is -1.84. The number of esters is 1. The molecule has 0 amide bonds. The smallest absolute Gasteiger partial charge is 0.338 e. The molecule has 0 aliphatic carbocycles. The lowest BCUT2D eigenvalue weighted by Gasteiger charge is -2.17. The summed E-state index contributed by atoms with van der Waals surface area (Å²) >= 11 is 16.9. The fraction of sp³-hybridized carbons (Fsp3) is 0.444. The van der Waals surface area contributed by atoms with Gasteiger partial charge in [0.25, 0.3) is 0 Å². The molecule has 1 aromatic rings. The van der Waals surface area contributed by atoms with Crippen LogP contribution in [0.25, 0.3) is 0 Å². The molecule has 1 heterocycles. The molecule has 0 aromatic carbocycles. The van der Waals surface area contributed by atoms with Crippen molar-refractivity contribution in [3.63, 3.8) is 0 Å². The number of halogens is 3. The fourth-order valence-corrected chi connectivity index (χ4v) is 2.02. The van der Waals surface area contributed by atoms with E-state index in [1.807, 2.05) is 0 Å². The molecular weight excluding hydrogens is 306 g/mol. The molecule has 0 saturated heterocycles. The van der Waals surface area contributed by atoms with Crippen molar-refractivity contribution in [1.82, 2.24) is 9.97 Å². The number of aromatic nitrogens is 2. The van der Waals surface area contributed by atoms with Gasteiger partial charge in [0.2, 0.25) is 5.28 Å². The Morgan fingerprint density at radius 3 is 2.22 bits per heavy atom. The number of nitrogens with zero attached hydrogens (tertiary/aromatic N) is 2. The van der Waals surface area contributed by atoms with Gasteiger partial charge in [-0.05, 0) is 18.5 Å². The van der Waals surface area contributed by atoms with Crippen molar-refractivity contribution in [2.75, 3.05) is 6.61 Å². The third kappa shape index (κ3) is 3.43. The molecule has 6 nitrogen and oxygen atoms in total. The van der Waals surface area contributed by atoms with Crippen LogP contribution >= 0.6 is 34.8 Å². The summed E-state index contributed by atoms with van der Waals surface area (Å²) in [5.74, 6) is -1.01. The molecule has 18 heavy (non-hydrogen) atoms. The largest absolute Gasteiger partial charge is 0.464 e. The van der Waals surface area contributed by atoms with Gasteiger partial charge in [-0.2, -0.15) is 0 Å². The zero-order valence-electron chi connectivity index (χ0n) is 9.10. The van der Waals surface area contributed by atoms with Crippen LogP contribution in [0.4, 0.5) is 0 Å². The van der Waals surface area contributed by atoms with Crippen LogP contribution in [0.5, 0.6) is 0 Å². The Labute approximate surface area is 117 Å². The topological polar surface area (TPSA) is 92.5 Å². The second-order valence-corrected chi connectivity index (χ2v) is 4.18. The summed E-state index contributed by atoms with van der Waals surface area (Å²) in [7, 11) is 0. The number of hydrogen-bond donors (Lipinski definition) is 2. The van der Waals surface area contributed by atoms with E-state index in [4.69, 9.17) is 34.8 Å². The SMILES string of the molecule is CCOC(=O)C(O)C(O)c1c(Cl)nc(Cl)nc1Cl. The number of aliphatic hydroxyl groups is 2. The number of carbonyl (C=O) groups is 1. The van der Waals surface area contributed by atoms with Crippen LogP contribution in [0.15, 0.2) is 0 Å². The molecule has 2 unspecified atom stereocenters. The van der Waals surface area contributed by atoms with Crippen molar-refractivity contribution in [3.05, 3.63) is 21.2 Å². The highest BCUT2D eigenvalue weighted by molar-refractivity contribution is 6.36. The summed E-state index contributed by atoms with van der Waals surface area (Å²) in [6.45, 7) is 1.61. The molecule has 1 rings (SSSR count). The quantitative estimate of drug-likeness (QED) is 0.495. The molecule has 2 N–H and O–H groups in total. The summed E-state index contributed by atoms with van der Waals surface area (Å²) in [4.78, 5) is 18.4. The second-order valence-electron chi connectivity index (χ2n) is 3.13. The first-order chi connectivity index (χ1) is 8.38. The third-order valence-corrected chi connectivity index (χ3v) is 2.69. The number of rotatable bonds is 4. The van der Waals surface area contributed by atoms with Gasteiger partial charge in [0, 0.05) is 0 Å². The summed E-state index contributed by atoms with van der Waals surface area (Å²) in [5, 5.41) is 18.6. The van der Waals surface area contributed by atoms with E-state index in [-0.39, 0.29) is 27.8 Å². The predicted molar refractivity (Wildman–Crippen MR) is 64.7 cm³/mol. The summed E-state index contributed by atoms with van der Waals surface area (Å²) in [6.07, 6.45) is -3.55. The molecule has 100 valence electrons. The Kier molecular flexibility index (Phi) is 5.55. The van der Waals surface area contributed by atoms with E-state index in [0.717, 1.165) is 0 Å². The average molecular weight is 316 g/mol. The van der Waals surface area contributed by atoms with Gasteiger partial charge in [-0.15, -0.1) is 0 Å². The summed E-state index contributed by atoms with van der Waals surface area (Å²) in [6, 6.07) is 0.